The fraction of sp³-hybridized carbons (Fsp3) is 0.438. The molecule has 1 unspecified atom stereocenters. The lowest BCUT2D eigenvalue weighted by atomic mass is 9.86. The van der Waals surface area contributed by atoms with Crippen molar-refractivity contribution in [3.63, 3.8) is 0 Å². The molecule has 3 N–H and O–H groups in total. The van der Waals surface area contributed by atoms with Gasteiger partial charge in [0.25, 0.3) is 0 Å². The molecule has 4 heteroatoms. The van der Waals surface area contributed by atoms with Gasteiger partial charge in [-0.05, 0) is 23.0 Å². The molecule has 0 aliphatic heterocycles. The standard InChI is InChI=1S/C16H24N4/c1-16(2,3)13-7-5-12(6-8-13)9-14(19-17)15-10-18-11-20(15)4/h5-8,10-11,14,19H,9,17H2,1-4H3. The monoisotopic (exact) mass is 272 g/mol. The van der Waals surface area contributed by atoms with E-state index in [-0.39, 0.29) is 11.5 Å². The molecular formula is C16H24N4. The number of nitrogens with one attached hydrogen (secondary N) is 1. The van der Waals surface area contributed by atoms with Gasteiger partial charge >= 0.3 is 0 Å². The Labute approximate surface area is 121 Å². The van der Waals surface area contributed by atoms with Crippen LogP contribution in [-0.4, -0.2) is 9.55 Å². The highest BCUT2D eigenvalue weighted by Crippen LogP contribution is 2.24. The molecule has 1 aromatic heterocycles. The van der Waals surface area contributed by atoms with E-state index in [0.29, 0.717) is 0 Å². The Balaban J connectivity index is 2.15. The van der Waals surface area contributed by atoms with Gasteiger partial charge in [-0.2, -0.15) is 0 Å². The second-order valence-electron chi connectivity index (χ2n) is 6.30. The van der Waals surface area contributed by atoms with Gasteiger partial charge in [-0.25, -0.2) is 4.98 Å². The first kappa shape index (κ1) is 14.8. The normalized spacial score (nSPS) is 13.4. The van der Waals surface area contributed by atoms with Crippen molar-refractivity contribution in [2.24, 2.45) is 12.9 Å². The molecule has 2 aromatic rings. The summed E-state index contributed by atoms with van der Waals surface area (Å²) in [5, 5.41) is 0. The minimum absolute atomic E-state index is 0.0722. The summed E-state index contributed by atoms with van der Waals surface area (Å²) in [4.78, 5) is 4.15. The second kappa shape index (κ2) is 5.77. The average Bonchev–Trinajstić information content (AvgIpc) is 2.82. The number of benzene rings is 1. The van der Waals surface area contributed by atoms with E-state index in [1.54, 1.807) is 6.33 Å². The van der Waals surface area contributed by atoms with Crippen LogP contribution in [0.25, 0.3) is 0 Å². The van der Waals surface area contributed by atoms with Gasteiger partial charge in [0.2, 0.25) is 0 Å². The number of aromatic nitrogens is 2. The van der Waals surface area contributed by atoms with Crippen LogP contribution in [0, 0.1) is 0 Å². The Bertz CT molecular complexity index is 549. The lowest BCUT2D eigenvalue weighted by molar-refractivity contribution is 0.521. The molecule has 20 heavy (non-hydrogen) atoms. The van der Waals surface area contributed by atoms with E-state index in [4.69, 9.17) is 5.84 Å². The zero-order valence-corrected chi connectivity index (χ0v) is 12.7. The summed E-state index contributed by atoms with van der Waals surface area (Å²) in [6, 6.07) is 8.84. The number of hydrogen-bond acceptors (Lipinski definition) is 3. The van der Waals surface area contributed by atoms with Crippen molar-refractivity contribution in [2.75, 3.05) is 0 Å². The summed E-state index contributed by atoms with van der Waals surface area (Å²) in [6.45, 7) is 6.67. The highest BCUT2D eigenvalue weighted by molar-refractivity contribution is 5.28. The summed E-state index contributed by atoms with van der Waals surface area (Å²) < 4.78 is 1.99. The third-order valence-electron chi connectivity index (χ3n) is 3.67. The molecule has 1 heterocycles. The predicted octanol–water partition coefficient (Wildman–Crippen LogP) is 2.46. The predicted molar refractivity (Wildman–Crippen MR) is 82.1 cm³/mol. The first-order valence-corrected chi connectivity index (χ1v) is 6.93. The van der Waals surface area contributed by atoms with Crippen molar-refractivity contribution in [1.29, 1.82) is 0 Å². The quantitative estimate of drug-likeness (QED) is 0.664. The van der Waals surface area contributed by atoms with Gasteiger partial charge in [0.15, 0.2) is 0 Å². The fourth-order valence-corrected chi connectivity index (χ4v) is 2.33. The first-order valence-electron chi connectivity index (χ1n) is 6.93. The number of aryl methyl sites for hydroxylation is 1. The van der Waals surface area contributed by atoms with E-state index >= 15 is 0 Å². The van der Waals surface area contributed by atoms with Gasteiger partial charge < -0.3 is 4.57 Å². The van der Waals surface area contributed by atoms with Crippen molar-refractivity contribution < 1.29 is 0 Å². The summed E-state index contributed by atoms with van der Waals surface area (Å²) >= 11 is 0. The largest absolute Gasteiger partial charge is 0.336 e. The van der Waals surface area contributed by atoms with E-state index in [1.807, 2.05) is 17.8 Å². The lowest BCUT2D eigenvalue weighted by Crippen LogP contribution is -2.30. The van der Waals surface area contributed by atoms with Gasteiger partial charge in [-0.15, -0.1) is 0 Å². The molecule has 0 saturated heterocycles. The summed E-state index contributed by atoms with van der Waals surface area (Å²) in [5.41, 5.74) is 6.77. The van der Waals surface area contributed by atoms with Crippen molar-refractivity contribution in [3.05, 3.63) is 53.6 Å². The van der Waals surface area contributed by atoms with Crippen LogP contribution in [0.2, 0.25) is 0 Å². The Morgan fingerprint density at radius 3 is 2.35 bits per heavy atom. The van der Waals surface area contributed by atoms with Crippen LogP contribution in [0.15, 0.2) is 36.8 Å². The van der Waals surface area contributed by atoms with Crippen LogP contribution in [0.5, 0.6) is 0 Å². The smallest absolute Gasteiger partial charge is 0.0946 e. The molecule has 1 aromatic carbocycles. The van der Waals surface area contributed by atoms with Crippen LogP contribution in [-0.2, 0) is 18.9 Å². The third-order valence-corrected chi connectivity index (χ3v) is 3.67. The van der Waals surface area contributed by atoms with Gasteiger partial charge in [0.05, 0.1) is 18.1 Å². The number of nitrogens with two attached hydrogens (primary N) is 1. The van der Waals surface area contributed by atoms with Gasteiger partial charge in [-0.1, -0.05) is 45.0 Å². The summed E-state index contributed by atoms with van der Waals surface area (Å²) in [5.74, 6) is 5.69. The molecule has 0 radical (unpaired) electrons. The van der Waals surface area contributed by atoms with Gasteiger partial charge in [-0.3, -0.25) is 11.3 Å². The molecule has 0 saturated carbocycles. The number of rotatable bonds is 4. The maximum Gasteiger partial charge on any atom is 0.0946 e. The van der Waals surface area contributed by atoms with Crippen LogP contribution >= 0.6 is 0 Å². The molecule has 0 aliphatic rings. The molecule has 1 atom stereocenters. The van der Waals surface area contributed by atoms with E-state index < -0.39 is 0 Å². The second-order valence-corrected chi connectivity index (χ2v) is 6.30. The van der Waals surface area contributed by atoms with Crippen molar-refractivity contribution in [2.45, 2.75) is 38.6 Å². The van der Waals surface area contributed by atoms with Gasteiger partial charge in [0, 0.05) is 13.2 Å². The molecule has 4 nitrogen and oxygen atoms in total. The SMILES string of the molecule is Cn1cncc1C(Cc1ccc(C(C)(C)C)cc1)NN. The minimum Gasteiger partial charge on any atom is -0.336 e. The van der Waals surface area contributed by atoms with E-state index in [0.717, 1.165) is 12.1 Å². The van der Waals surface area contributed by atoms with Crippen LogP contribution in [0.4, 0.5) is 0 Å². The topological polar surface area (TPSA) is 55.9 Å². The minimum atomic E-state index is 0.0722. The number of hydrazine groups is 1. The number of imidazole rings is 1. The van der Waals surface area contributed by atoms with E-state index in [1.165, 1.54) is 11.1 Å². The van der Waals surface area contributed by atoms with Gasteiger partial charge in [0.1, 0.15) is 0 Å². The maximum atomic E-state index is 5.69. The Morgan fingerprint density at radius 2 is 1.90 bits per heavy atom. The zero-order chi connectivity index (χ0) is 14.8. The van der Waals surface area contributed by atoms with Crippen molar-refractivity contribution in [3.8, 4) is 0 Å². The molecular weight excluding hydrogens is 248 g/mol. The number of nitrogens with zero attached hydrogens (tertiary/aromatic N) is 2. The molecule has 0 bridgehead atoms. The third kappa shape index (κ3) is 3.26. The van der Waals surface area contributed by atoms with Crippen molar-refractivity contribution in [1.82, 2.24) is 15.0 Å². The highest BCUT2D eigenvalue weighted by atomic mass is 15.2. The molecule has 0 fully saturated rings. The molecule has 0 amide bonds. The summed E-state index contributed by atoms with van der Waals surface area (Å²) in [7, 11) is 1.98. The molecule has 2 rings (SSSR count). The van der Waals surface area contributed by atoms with Crippen molar-refractivity contribution >= 4 is 0 Å². The molecule has 108 valence electrons. The van der Waals surface area contributed by atoms with Crippen LogP contribution in [0.3, 0.4) is 0 Å². The number of hydrogen-bond donors (Lipinski definition) is 2. The Kier molecular flexibility index (Phi) is 4.26. The van der Waals surface area contributed by atoms with Crippen LogP contribution < -0.4 is 11.3 Å². The fourth-order valence-electron chi connectivity index (χ4n) is 2.33. The van der Waals surface area contributed by atoms with E-state index in [9.17, 15) is 0 Å². The molecule has 0 aliphatic carbocycles. The zero-order valence-electron chi connectivity index (χ0n) is 12.7. The lowest BCUT2D eigenvalue weighted by Gasteiger charge is -2.20. The average molecular weight is 272 g/mol. The Morgan fingerprint density at radius 1 is 1.25 bits per heavy atom. The highest BCUT2D eigenvalue weighted by Gasteiger charge is 2.16. The van der Waals surface area contributed by atoms with Crippen LogP contribution in [0.1, 0.15) is 43.6 Å². The molecule has 0 spiro atoms. The first-order chi connectivity index (χ1) is 9.41. The summed E-state index contributed by atoms with van der Waals surface area (Å²) in [6.07, 6.45) is 4.50. The maximum absolute atomic E-state index is 5.69. The van der Waals surface area contributed by atoms with E-state index in [2.05, 4.69) is 55.4 Å². The Hall–Kier alpha value is -1.65.